The molecule has 8 heteroatoms. The SMILES string of the molecule is CN(C)c1nc(N)nc(/C(C#N)=C\C2=Cc3cc(Cl)ccc3OC2)n1. The minimum atomic E-state index is 0.0563. The molecule has 1 aliphatic heterocycles. The van der Waals surface area contributed by atoms with Gasteiger partial charge in [0, 0.05) is 24.7 Å². The number of nitrogen functional groups attached to an aromatic ring is 1. The number of ether oxygens (including phenoxy) is 1. The predicted molar refractivity (Wildman–Crippen MR) is 97.1 cm³/mol. The molecule has 126 valence electrons. The molecule has 1 aromatic heterocycles. The van der Waals surface area contributed by atoms with Crippen LogP contribution in [0, 0.1) is 11.3 Å². The topological polar surface area (TPSA) is 101 Å². The van der Waals surface area contributed by atoms with Crippen molar-refractivity contribution < 1.29 is 4.74 Å². The van der Waals surface area contributed by atoms with Gasteiger partial charge in [-0.1, -0.05) is 11.6 Å². The summed E-state index contributed by atoms with van der Waals surface area (Å²) in [5.41, 5.74) is 7.65. The van der Waals surface area contributed by atoms with Crippen molar-refractivity contribution in [3.05, 3.63) is 46.3 Å². The van der Waals surface area contributed by atoms with E-state index < -0.39 is 0 Å². The minimum absolute atomic E-state index is 0.0563. The summed E-state index contributed by atoms with van der Waals surface area (Å²) in [5.74, 6) is 1.41. The first-order valence-electron chi connectivity index (χ1n) is 7.40. The molecule has 0 spiro atoms. The van der Waals surface area contributed by atoms with Gasteiger partial charge in [0.15, 0.2) is 5.82 Å². The van der Waals surface area contributed by atoms with Gasteiger partial charge in [-0.15, -0.1) is 0 Å². The number of halogens is 1. The van der Waals surface area contributed by atoms with Gasteiger partial charge in [-0.25, -0.2) is 0 Å². The Morgan fingerprint density at radius 2 is 2.16 bits per heavy atom. The molecule has 0 amide bonds. The Morgan fingerprint density at radius 3 is 2.88 bits per heavy atom. The van der Waals surface area contributed by atoms with Crippen LogP contribution in [-0.4, -0.2) is 35.7 Å². The molecular formula is C17H15ClN6O. The summed E-state index contributed by atoms with van der Waals surface area (Å²) < 4.78 is 5.69. The molecule has 0 unspecified atom stereocenters. The summed E-state index contributed by atoms with van der Waals surface area (Å²) in [5, 5.41) is 10.1. The fourth-order valence-electron chi connectivity index (χ4n) is 2.28. The summed E-state index contributed by atoms with van der Waals surface area (Å²) >= 11 is 6.02. The Kier molecular flexibility index (Phi) is 4.55. The number of rotatable bonds is 3. The molecule has 2 aromatic rings. The number of hydrogen-bond acceptors (Lipinski definition) is 7. The summed E-state index contributed by atoms with van der Waals surface area (Å²) in [4.78, 5) is 14.1. The molecular weight excluding hydrogens is 340 g/mol. The molecule has 0 bridgehead atoms. The summed E-state index contributed by atoms with van der Waals surface area (Å²) in [6.45, 7) is 0.334. The van der Waals surface area contributed by atoms with Gasteiger partial charge in [-0.05, 0) is 35.9 Å². The zero-order valence-electron chi connectivity index (χ0n) is 13.7. The standard InChI is InChI=1S/C17H15ClN6O/c1-24(2)17-22-15(21-16(20)23-17)12(8-19)6-10-5-11-7-13(18)3-4-14(11)25-9-10/h3-7H,9H2,1-2H3,(H2,20,21,22,23)/b12-6-. The van der Waals surface area contributed by atoms with Crippen LogP contribution in [-0.2, 0) is 0 Å². The summed E-state index contributed by atoms with van der Waals surface area (Å²) in [6.07, 6.45) is 3.59. The Bertz CT molecular complexity index is 929. The van der Waals surface area contributed by atoms with E-state index in [1.807, 2.05) is 12.1 Å². The van der Waals surface area contributed by atoms with Gasteiger partial charge in [-0.2, -0.15) is 20.2 Å². The van der Waals surface area contributed by atoms with Crippen LogP contribution < -0.4 is 15.4 Å². The predicted octanol–water partition coefficient (Wildman–Crippen LogP) is 2.56. The van der Waals surface area contributed by atoms with Gasteiger partial charge in [0.05, 0.1) is 5.57 Å². The van der Waals surface area contributed by atoms with Gasteiger partial charge in [0.1, 0.15) is 18.4 Å². The number of allylic oxidation sites excluding steroid dienone is 1. The first-order valence-corrected chi connectivity index (χ1v) is 7.78. The second-order valence-corrected chi connectivity index (χ2v) is 6.01. The number of anilines is 2. The highest BCUT2D eigenvalue weighted by Gasteiger charge is 2.14. The first-order chi connectivity index (χ1) is 12.0. The maximum absolute atomic E-state index is 9.51. The number of nitrogens with zero attached hydrogens (tertiary/aromatic N) is 5. The second kappa shape index (κ2) is 6.79. The van der Waals surface area contributed by atoms with Crippen LogP contribution in [0.4, 0.5) is 11.9 Å². The van der Waals surface area contributed by atoms with E-state index in [0.29, 0.717) is 17.6 Å². The van der Waals surface area contributed by atoms with Crippen LogP contribution >= 0.6 is 11.6 Å². The largest absolute Gasteiger partial charge is 0.488 e. The molecule has 1 aliphatic rings. The van der Waals surface area contributed by atoms with Gasteiger partial charge < -0.3 is 15.4 Å². The monoisotopic (exact) mass is 354 g/mol. The van der Waals surface area contributed by atoms with E-state index in [4.69, 9.17) is 22.1 Å². The third-order valence-electron chi connectivity index (χ3n) is 3.44. The molecule has 2 N–H and O–H groups in total. The average molecular weight is 355 g/mol. The van der Waals surface area contributed by atoms with E-state index in [2.05, 4.69) is 21.0 Å². The molecule has 0 saturated carbocycles. The van der Waals surface area contributed by atoms with E-state index in [0.717, 1.165) is 16.9 Å². The smallest absolute Gasteiger partial charge is 0.230 e. The molecule has 0 fully saturated rings. The van der Waals surface area contributed by atoms with Crippen LogP contribution in [0.3, 0.4) is 0 Å². The number of hydrogen-bond donors (Lipinski definition) is 1. The van der Waals surface area contributed by atoms with E-state index in [1.165, 1.54) is 0 Å². The highest BCUT2D eigenvalue weighted by atomic mass is 35.5. The van der Waals surface area contributed by atoms with Crippen LogP contribution in [0.5, 0.6) is 5.75 Å². The fraction of sp³-hybridized carbons (Fsp3) is 0.176. The third kappa shape index (κ3) is 3.70. The van der Waals surface area contributed by atoms with Crippen LogP contribution in [0.15, 0.2) is 29.8 Å². The van der Waals surface area contributed by atoms with Crippen LogP contribution in [0.2, 0.25) is 5.02 Å². The van der Waals surface area contributed by atoms with Crippen molar-refractivity contribution in [3.8, 4) is 11.8 Å². The first kappa shape index (κ1) is 16.7. The lowest BCUT2D eigenvalue weighted by Gasteiger charge is -2.16. The molecule has 25 heavy (non-hydrogen) atoms. The fourth-order valence-corrected chi connectivity index (χ4v) is 2.46. The Balaban J connectivity index is 2.01. The molecule has 3 rings (SSSR count). The zero-order chi connectivity index (χ0) is 18.0. The number of nitriles is 1. The van der Waals surface area contributed by atoms with E-state index in [9.17, 15) is 5.26 Å². The van der Waals surface area contributed by atoms with Crippen molar-refractivity contribution in [2.45, 2.75) is 0 Å². The molecule has 7 nitrogen and oxygen atoms in total. The van der Waals surface area contributed by atoms with Crippen molar-refractivity contribution in [3.63, 3.8) is 0 Å². The average Bonchev–Trinajstić information content (AvgIpc) is 2.58. The van der Waals surface area contributed by atoms with Gasteiger partial charge >= 0.3 is 0 Å². The molecule has 1 aromatic carbocycles. The quantitative estimate of drug-likeness (QED) is 0.845. The second-order valence-electron chi connectivity index (χ2n) is 5.57. The Labute approximate surface area is 150 Å². The summed E-state index contributed by atoms with van der Waals surface area (Å²) in [6, 6.07) is 7.50. The lowest BCUT2D eigenvalue weighted by atomic mass is 10.1. The third-order valence-corrected chi connectivity index (χ3v) is 3.67. The molecule has 0 saturated heterocycles. The number of nitrogens with two attached hydrogens (primary N) is 1. The number of benzene rings is 1. The normalized spacial score (nSPS) is 13.4. The summed E-state index contributed by atoms with van der Waals surface area (Å²) in [7, 11) is 3.57. The van der Waals surface area contributed by atoms with Gasteiger partial charge in [0.25, 0.3) is 0 Å². The maximum atomic E-state index is 9.51. The van der Waals surface area contributed by atoms with Gasteiger partial charge in [-0.3, -0.25) is 0 Å². The lowest BCUT2D eigenvalue weighted by Crippen LogP contribution is -2.16. The molecule has 0 aliphatic carbocycles. The minimum Gasteiger partial charge on any atom is -0.488 e. The Hall–Kier alpha value is -3.11. The van der Waals surface area contributed by atoms with Crippen molar-refractivity contribution in [2.24, 2.45) is 0 Å². The van der Waals surface area contributed by atoms with Crippen molar-refractivity contribution >= 4 is 35.1 Å². The maximum Gasteiger partial charge on any atom is 0.230 e. The van der Waals surface area contributed by atoms with E-state index >= 15 is 0 Å². The zero-order valence-corrected chi connectivity index (χ0v) is 14.4. The van der Waals surface area contributed by atoms with Gasteiger partial charge in [0.2, 0.25) is 11.9 Å². The molecule has 0 radical (unpaired) electrons. The van der Waals surface area contributed by atoms with Crippen LogP contribution in [0.25, 0.3) is 11.6 Å². The molecule has 0 atom stereocenters. The lowest BCUT2D eigenvalue weighted by molar-refractivity contribution is 0.351. The van der Waals surface area contributed by atoms with E-state index in [-0.39, 0.29) is 17.3 Å². The number of aromatic nitrogens is 3. The highest BCUT2D eigenvalue weighted by molar-refractivity contribution is 6.30. The van der Waals surface area contributed by atoms with Crippen molar-refractivity contribution in [1.29, 1.82) is 5.26 Å². The highest BCUT2D eigenvalue weighted by Crippen LogP contribution is 2.30. The van der Waals surface area contributed by atoms with Crippen molar-refractivity contribution in [2.75, 3.05) is 31.3 Å². The molecule has 2 heterocycles. The van der Waals surface area contributed by atoms with Crippen molar-refractivity contribution in [1.82, 2.24) is 15.0 Å². The van der Waals surface area contributed by atoms with E-state index in [1.54, 1.807) is 37.2 Å². The van der Waals surface area contributed by atoms with Crippen LogP contribution in [0.1, 0.15) is 11.4 Å². The number of fused-ring (bicyclic) bond motifs is 1. The Morgan fingerprint density at radius 1 is 1.36 bits per heavy atom.